The number of hydrogen-bond donors (Lipinski definition) is 1. The lowest BCUT2D eigenvalue weighted by Gasteiger charge is -2.58. The van der Waals surface area contributed by atoms with Gasteiger partial charge in [-0.25, -0.2) is 9.78 Å². The first-order chi connectivity index (χ1) is 17.2. The van der Waals surface area contributed by atoms with Gasteiger partial charge in [-0.05, 0) is 92.6 Å². The van der Waals surface area contributed by atoms with Crippen molar-refractivity contribution < 1.29 is 19.5 Å². The maximum atomic E-state index is 12.7. The van der Waals surface area contributed by atoms with Gasteiger partial charge in [0.2, 0.25) is 0 Å². The molecule has 1 aromatic rings. The molecule has 0 aromatic carbocycles. The van der Waals surface area contributed by atoms with E-state index in [4.69, 9.17) is 4.84 Å². The summed E-state index contributed by atoms with van der Waals surface area (Å²) in [6.45, 7) is 6.63. The number of allylic oxidation sites excluding steroid dienone is 1. The van der Waals surface area contributed by atoms with Crippen molar-refractivity contribution >= 4 is 23.4 Å². The Morgan fingerprint density at radius 1 is 1.19 bits per heavy atom. The van der Waals surface area contributed by atoms with E-state index in [1.165, 1.54) is 29.7 Å². The van der Waals surface area contributed by atoms with Crippen LogP contribution in [0.4, 0.5) is 10.6 Å². The van der Waals surface area contributed by atoms with Crippen LogP contribution in [0.2, 0.25) is 0 Å². The number of pyridine rings is 1. The number of anilines is 1. The molecule has 4 aliphatic carbocycles. The number of aliphatic hydroxyl groups is 1. The molecule has 0 aliphatic heterocycles. The van der Waals surface area contributed by atoms with Crippen LogP contribution in [-0.2, 0) is 16.2 Å². The third kappa shape index (κ3) is 4.00. The van der Waals surface area contributed by atoms with Gasteiger partial charge in [-0.2, -0.15) is 0 Å². The third-order valence-electron chi connectivity index (χ3n) is 10.4. The fourth-order valence-corrected chi connectivity index (χ4v) is 8.42. The number of amides is 1. The van der Waals surface area contributed by atoms with Crippen molar-refractivity contribution in [1.29, 1.82) is 0 Å². The van der Waals surface area contributed by atoms with Gasteiger partial charge in [-0.1, -0.05) is 30.6 Å². The zero-order valence-corrected chi connectivity index (χ0v) is 22.0. The van der Waals surface area contributed by atoms with Crippen LogP contribution in [0.3, 0.4) is 0 Å². The molecule has 1 N–H and O–H groups in total. The summed E-state index contributed by atoms with van der Waals surface area (Å²) in [6, 6.07) is 3.45. The molecular weight excluding hydrogens is 454 g/mol. The van der Waals surface area contributed by atoms with Crippen LogP contribution in [0.1, 0.15) is 77.7 Å². The number of aliphatic hydroxyl groups excluding tert-OH is 1. The van der Waals surface area contributed by atoms with Gasteiger partial charge in [0.25, 0.3) is 0 Å². The molecule has 1 amide bonds. The van der Waals surface area contributed by atoms with Gasteiger partial charge >= 0.3 is 6.09 Å². The molecule has 0 unspecified atom stereocenters. The Morgan fingerprint density at radius 2 is 2.00 bits per heavy atom. The van der Waals surface area contributed by atoms with Crippen LogP contribution in [0.25, 0.3) is 0 Å². The average molecular weight is 494 g/mol. The molecule has 194 valence electrons. The molecule has 0 saturated heterocycles. The van der Waals surface area contributed by atoms with Gasteiger partial charge in [0, 0.05) is 31.1 Å². The third-order valence-corrected chi connectivity index (χ3v) is 10.4. The lowest BCUT2D eigenvalue weighted by Crippen LogP contribution is -2.51. The number of oxime groups is 1. The summed E-state index contributed by atoms with van der Waals surface area (Å²) in [4.78, 5) is 35.7. The molecular formula is C29H39N3O4. The highest BCUT2D eigenvalue weighted by molar-refractivity contribution is 5.91. The Morgan fingerprint density at radius 3 is 2.78 bits per heavy atom. The van der Waals surface area contributed by atoms with E-state index in [2.05, 4.69) is 24.0 Å². The minimum atomic E-state index is -0.613. The summed E-state index contributed by atoms with van der Waals surface area (Å²) < 4.78 is 0. The van der Waals surface area contributed by atoms with Crippen molar-refractivity contribution in [2.75, 3.05) is 11.9 Å². The summed E-state index contributed by atoms with van der Waals surface area (Å²) in [5.41, 5.74) is 3.18. The SMILES string of the molecule is C/C(=N\OC(=O)N(C)c1ncccc1CO)[C@H]1CC[C@H]2[C@@H]3CCC4=CC(=O)CC[C@]4(C)[C@H]3CC[C@]12C. The van der Waals surface area contributed by atoms with E-state index < -0.39 is 6.09 Å². The van der Waals surface area contributed by atoms with Crippen LogP contribution < -0.4 is 4.90 Å². The molecule has 1 aromatic heterocycles. The quantitative estimate of drug-likeness (QED) is 0.331. The number of aromatic nitrogens is 1. The second-order valence-corrected chi connectivity index (χ2v) is 11.9. The van der Waals surface area contributed by atoms with Crippen LogP contribution in [0, 0.1) is 34.5 Å². The summed E-state index contributed by atoms with van der Waals surface area (Å²) in [5.74, 6) is 2.96. The summed E-state index contributed by atoms with van der Waals surface area (Å²) in [7, 11) is 1.58. The predicted octanol–water partition coefficient (Wildman–Crippen LogP) is 5.67. The summed E-state index contributed by atoms with van der Waals surface area (Å²) in [5, 5.41) is 13.9. The second kappa shape index (κ2) is 9.40. The zero-order chi connectivity index (χ0) is 25.7. The van der Waals surface area contributed by atoms with Crippen molar-refractivity contribution in [2.24, 2.45) is 39.7 Å². The van der Waals surface area contributed by atoms with Crippen molar-refractivity contribution in [1.82, 2.24) is 4.98 Å². The molecule has 0 spiro atoms. The molecule has 3 saturated carbocycles. The number of ketones is 1. The largest absolute Gasteiger partial charge is 0.441 e. The standard InChI is InChI=1S/C29H39N3O4/c1-18(31-36-27(35)32(4)26-19(17-33)6-5-15-30-26)23-9-10-24-22-8-7-20-16-21(34)11-13-28(20,2)25(22)12-14-29(23,24)3/h5-6,15-16,22-25,33H,7-14,17H2,1-4H3/b31-18+/t22-,23+,24-,25-,28-,29+/m0/s1. The van der Waals surface area contributed by atoms with Crippen molar-refractivity contribution in [3.05, 3.63) is 35.5 Å². The highest BCUT2D eigenvalue weighted by atomic mass is 16.7. The normalized spacial score (nSPS) is 35.9. The highest BCUT2D eigenvalue weighted by Gasteiger charge is 2.59. The molecule has 3 fully saturated rings. The van der Waals surface area contributed by atoms with E-state index in [1.54, 1.807) is 25.4 Å². The highest BCUT2D eigenvalue weighted by Crippen LogP contribution is 2.66. The Kier molecular flexibility index (Phi) is 6.56. The van der Waals surface area contributed by atoms with Crippen molar-refractivity contribution in [3.63, 3.8) is 0 Å². The first-order valence-electron chi connectivity index (χ1n) is 13.5. The summed E-state index contributed by atoms with van der Waals surface area (Å²) in [6.07, 6.45) is 11.5. The predicted molar refractivity (Wildman–Crippen MR) is 138 cm³/mol. The Hall–Kier alpha value is -2.54. The average Bonchev–Trinajstić information content (AvgIpc) is 3.24. The number of hydrogen-bond acceptors (Lipinski definition) is 6. The fourth-order valence-electron chi connectivity index (χ4n) is 8.42. The molecule has 36 heavy (non-hydrogen) atoms. The van der Waals surface area contributed by atoms with Gasteiger partial charge in [-0.15, -0.1) is 0 Å². The molecule has 5 rings (SSSR count). The van der Waals surface area contributed by atoms with Crippen LogP contribution >= 0.6 is 0 Å². The first-order valence-corrected chi connectivity index (χ1v) is 13.5. The van der Waals surface area contributed by atoms with Gasteiger partial charge in [-0.3, -0.25) is 14.5 Å². The van der Waals surface area contributed by atoms with Crippen LogP contribution in [0.15, 0.2) is 35.1 Å². The minimum absolute atomic E-state index is 0.153. The van der Waals surface area contributed by atoms with Gasteiger partial charge in [0.1, 0.15) is 5.82 Å². The number of nitrogens with zero attached hydrogens (tertiary/aromatic N) is 3. The van der Waals surface area contributed by atoms with E-state index in [9.17, 15) is 14.7 Å². The topological polar surface area (TPSA) is 92.1 Å². The van der Waals surface area contributed by atoms with E-state index in [-0.39, 0.29) is 17.4 Å². The smallest absolute Gasteiger partial charge is 0.392 e. The van der Waals surface area contributed by atoms with Gasteiger partial charge < -0.3 is 5.11 Å². The number of carbonyl (C=O) groups excluding carboxylic acids is 2. The van der Waals surface area contributed by atoms with Crippen molar-refractivity contribution in [2.45, 2.75) is 78.7 Å². The Labute approximate surface area is 214 Å². The number of fused-ring (bicyclic) bond motifs is 5. The molecule has 4 aliphatic rings. The lowest BCUT2D eigenvalue weighted by atomic mass is 9.46. The molecule has 1 heterocycles. The second-order valence-electron chi connectivity index (χ2n) is 11.9. The molecule has 0 bridgehead atoms. The summed E-state index contributed by atoms with van der Waals surface area (Å²) >= 11 is 0. The molecule has 7 heteroatoms. The van der Waals surface area contributed by atoms with E-state index in [1.807, 2.05) is 13.0 Å². The van der Waals surface area contributed by atoms with E-state index in [0.29, 0.717) is 47.3 Å². The first kappa shape index (κ1) is 25.1. The molecule has 6 atom stereocenters. The number of carbonyl (C=O) groups is 2. The molecule has 0 radical (unpaired) electrons. The monoisotopic (exact) mass is 493 g/mol. The van der Waals surface area contributed by atoms with Crippen LogP contribution in [-0.4, -0.2) is 34.7 Å². The molecule has 7 nitrogen and oxygen atoms in total. The Balaban J connectivity index is 1.30. The zero-order valence-electron chi connectivity index (χ0n) is 22.0. The number of rotatable bonds is 4. The van der Waals surface area contributed by atoms with E-state index >= 15 is 0 Å². The maximum absolute atomic E-state index is 12.7. The Bertz CT molecular complexity index is 1110. The maximum Gasteiger partial charge on any atom is 0.441 e. The fraction of sp³-hybridized carbons (Fsp3) is 0.655. The van der Waals surface area contributed by atoms with E-state index in [0.717, 1.165) is 31.4 Å². The van der Waals surface area contributed by atoms with Crippen LogP contribution in [0.5, 0.6) is 0 Å². The van der Waals surface area contributed by atoms with Crippen molar-refractivity contribution in [3.8, 4) is 0 Å². The minimum Gasteiger partial charge on any atom is -0.392 e. The lowest BCUT2D eigenvalue weighted by molar-refractivity contribution is -0.117. The van der Waals surface area contributed by atoms with Gasteiger partial charge in [0.05, 0.1) is 12.3 Å². The van der Waals surface area contributed by atoms with Gasteiger partial charge in [0.15, 0.2) is 5.78 Å².